The van der Waals surface area contributed by atoms with Gasteiger partial charge in [-0.05, 0) is 111 Å². The van der Waals surface area contributed by atoms with Gasteiger partial charge in [0.25, 0.3) is 0 Å². The number of hydrogen-bond donors (Lipinski definition) is 0. The Kier molecular flexibility index (Phi) is 8.47. The van der Waals surface area contributed by atoms with Crippen LogP contribution in [0.2, 0.25) is 0 Å². The first kappa shape index (κ1) is 27.0. The molecule has 4 rings (SSSR count). The predicted octanol–water partition coefficient (Wildman–Crippen LogP) is 6.13. The molecule has 0 aromatic carbocycles. The fourth-order valence-corrected chi connectivity index (χ4v) is 11.3. The molecule has 2 unspecified atom stereocenters. The summed E-state index contributed by atoms with van der Waals surface area (Å²) in [5.74, 6) is 5.33. The van der Waals surface area contributed by atoms with Crippen LogP contribution in [0.5, 0.6) is 0 Å². The summed E-state index contributed by atoms with van der Waals surface area (Å²) < 4.78 is 0. The zero-order valence-corrected chi connectivity index (χ0v) is 25.1. The maximum Gasteiger partial charge on any atom is 0.0453 e. The van der Waals surface area contributed by atoms with Gasteiger partial charge in [0.1, 0.15) is 0 Å². The molecule has 3 nitrogen and oxygen atoms in total. The summed E-state index contributed by atoms with van der Waals surface area (Å²) in [4.78, 5) is 8.37. The maximum absolute atomic E-state index is 2.85. The van der Waals surface area contributed by atoms with E-state index in [1.165, 1.54) is 88.0 Å². The second-order valence-electron chi connectivity index (χ2n) is 13.6. The highest BCUT2D eigenvalue weighted by Gasteiger charge is 2.43. The lowest BCUT2D eigenvalue weighted by atomic mass is 9.77. The molecule has 4 aliphatic heterocycles. The molecule has 0 saturated carbocycles. The normalized spacial score (nSPS) is 31.0. The average molecular weight is 514 g/mol. The number of rotatable bonds is 6. The quantitative estimate of drug-likeness (QED) is 0.419. The van der Waals surface area contributed by atoms with Crippen LogP contribution in [0, 0.1) is 5.41 Å². The van der Waals surface area contributed by atoms with Crippen molar-refractivity contribution >= 4 is 35.3 Å². The summed E-state index contributed by atoms with van der Waals surface area (Å²) in [6.07, 6.45) is 7.00. The predicted molar refractivity (Wildman–Crippen MR) is 153 cm³/mol. The van der Waals surface area contributed by atoms with Gasteiger partial charge >= 0.3 is 0 Å². The van der Waals surface area contributed by atoms with Gasteiger partial charge in [-0.1, -0.05) is 0 Å². The minimum atomic E-state index is 0.298. The van der Waals surface area contributed by atoms with Crippen molar-refractivity contribution in [1.82, 2.24) is 14.7 Å². The fourth-order valence-electron chi connectivity index (χ4n) is 6.53. The van der Waals surface area contributed by atoms with Gasteiger partial charge < -0.3 is 0 Å². The lowest BCUT2D eigenvalue weighted by Crippen LogP contribution is -2.55. The average Bonchev–Trinajstić information content (AvgIpc) is 3.38. The summed E-state index contributed by atoms with van der Waals surface area (Å²) in [5, 5.41) is 1.55. The van der Waals surface area contributed by atoms with Crippen molar-refractivity contribution in [3.63, 3.8) is 0 Å². The molecular formula is C27H51N3S3. The largest absolute Gasteiger partial charge is 0.298 e. The molecule has 0 aromatic heterocycles. The lowest BCUT2D eigenvalue weighted by molar-refractivity contribution is 0.0341. The molecule has 4 fully saturated rings. The molecule has 0 amide bonds. The van der Waals surface area contributed by atoms with Crippen LogP contribution >= 0.6 is 35.3 Å². The monoisotopic (exact) mass is 513 g/mol. The summed E-state index contributed by atoms with van der Waals surface area (Å²) in [6.45, 7) is 23.7. The summed E-state index contributed by atoms with van der Waals surface area (Å²) >= 11 is 6.65. The molecule has 4 aliphatic rings. The van der Waals surface area contributed by atoms with E-state index in [4.69, 9.17) is 0 Å². The van der Waals surface area contributed by atoms with Gasteiger partial charge in [0, 0.05) is 58.4 Å². The van der Waals surface area contributed by atoms with E-state index in [1.54, 1.807) is 0 Å². The third-order valence-electron chi connectivity index (χ3n) is 9.15. The summed E-state index contributed by atoms with van der Waals surface area (Å²) in [5.41, 5.74) is 1.62. The Hall–Kier alpha value is 0.930. The van der Waals surface area contributed by atoms with Crippen LogP contribution < -0.4 is 0 Å². The minimum absolute atomic E-state index is 0.298. The van der Waals surface area contributed by atoms with E-state index >= 15 is 0 Å². The molecule has 192 valence electrons. The Labute approximate surface area is 218 Å². The van der Waals surface area contributed by atoms with Crippen LogP contribution in [-0.2, 0) is 0 Å². The molecule has 1 spiro atoms. The van der Waals surface area contributed by atoms with Crippen molar-refractivity contribution in [1.29, 1.82) is 0 Å². The van der Waals surface area contributed by atoms with Crippen molar-refractivity contribution in [2.75, 3.05) is 55.9 Å². The van der Waals surface area contributed by atoms with Crippen LogP contribution in [-0.4, -0.2) is 97.7 Å². The van der Waals surface area contributed by atoms with Gasteiger partial charge in [-0.2, -0.15) is 23.5 Å². The number of thioether (sulfide) groups is 3. The second-order valence-corrected chi connectivity index (χ2v) is 17.3. The third kappa shape index (κ3) is 6.63. The first-order valence-electron chi connectivity index (χ1n) is 13.4. The molecule has 2 atom stereocenters. The molecule has 33 heavy (non-hydrogen) atoms. The van der Waals surface area contributed by atoms with Crippen molar-refractivity contribution in [3.05, 3.63) is 0 Å². The molecule has 0 aromatic rings. The summed E-state index contributed by atoms with van der Waals surface area (Å²) in [6, 6.07) is 0. The van der Waals surface area contributed by atoms with E-state index in [-0.39, 0.29) is 0 Å². The van der Waals surface area contributed by atoms with E-state index in [9.17, 15) is 0 Å². The van der Waals surface area contributed by atoms with E-state index in [1.807, 2.05) is 0 Å². The number of piperidine rings is 1. The highest BCUT2D eigenvalue weighted by Crippen LogP contribution is 2.46. The van der Waals surface area contributed by atoms with Gasteiger partial charge in [-0.3, -0.25) is 14.7 Å². The van der Waals surface area contributed by atoms with Crippen LogP contribution in [0.25, 0.3) is 0 Å². The van der Waals surface area contributed by atoms with Gasteiger partial charge in [0.2, 0.25) is 0 Å². The Morgan fingerprint density at radius 1 is 0.697 bits per heavy atom. The molecule has 4 saturated heterocycles. The summed E-state index contributed by atoms with van der Waals surface area (Å²) in [7, 11) is 0. The van der Waals surface area contributed by atoms with Crippen LogP contribution in [0.15, 0.2) is 0 Å². The van der Waals surface area contributed by atoms with Crippen LogP contribution in [0.1, 0.15) is 80.6 Å². The Bertz CT molecular complexity index is 643. The molecule has 4 heterocycles. The van der Waals surface area contributed by atoms with Crippen molar-refractivity contribution < 1.29 is 0 Å². The zero-order chi connectivity index (χ0) is 23.9. The van der Waals surface area contributed by atoms with Crippen molar-refractivity contribution in [3.8, 4) is 0 Å². The maximum atomic E-state index is 2.85. The highest BCUT2D eigenvalue weighted by atomic mass is 32.2. The molecule has 0 bridgehead atoms. The van der Waals surface area contributed by atoms with Gasteiger partial charge in [0.15, 0.2) is 0 Å². The molecule has 0 aliphatic carbocycles. The number of nitrogens with zero attached hydrogens (tertiary/aromatic N) is 3. The van der Waals surface area contributed by atoms with Gasteiger partial charge in [-0.15, -0.1) is 11.8 Å². The molecule has 0 N–H and O–H groups in total. The number of likely N-dealkylation sites (tertiary alicyclic amines) is 1. The van der Waals surface area contributed by atoms with E-state index in [2.05, 4.69) is 98.5 Å². The Morgan fingerprint density at radius 3 is 1.88 bits per heavy atom. The molecule has 0 radical (unpaired) electrons. The highest BCUT2D eigenvalue weighted by molar-refractivity contribution is 8.00. The second kappa shape index (κ2) is 10.4. The fraction of sp³-hybridized carbons (Fsp3) is 1.00. The van der Waals surface area contributed by atoms with Crippen LogP contribution in [0.4, 0.5) is 0 Å². The van der Waals surface area contributed by atoms with E-state index in [0.717, 1.165) is 10.5 Å². The number of hydrogen-bond acceptors (Lipinski definition) is 6. The van der Waals surface area contributed by atoms with Crippen molar-refractivity contribution in [2.24, 2.45) is 5.41 Å². The smallest absolute Gasteiger partial charge is 0.0453 e. The minimum Gasteiger partial charge on any atom is -0.298 e. The zero-order valence-electron chi connectivity index (χ0n) is 22.6. The Balaban J connectivity index is 1.28. The van der Waals surface area contributed by atoms with Gasteiger partial charge in [0.05, 0.1) is 0 Å². The standard InChI is InChI=1S/C27H51N3S3/c1-24(2,3)30-19-23(33-21-30)17-26(6,7)29-13-15-32-22(18-29)16-25(4,5)28-11-8-27(9-12-28)10-14-31-20-27/h22-23H,8-21H2,1-7H3. The van der Waals surface area contributed by atoms with E-state index < -0.39 is 0 Å². The molecular weight excluding hydrogens is 463 g/mol. The topological polar surface area (TPSA) is 9.72 Å². The van der Waals surface area contributed by atoms with E-state index in [0.29, 0.717) is 22.0 Å². The van der Waals surface area contributed by atoms with Gasteiger partial charge in [-0.25, -0.2) is 0 Å². The Morgan fingerprint density at radius 2 is 1.30 bits per heavy atom. The first-order chi connectivity index (χ1) is 15.4. The van der Waals surface area contributed by atoms with Crippen molar-refractivity contribution in [2.45, 2.75) is 108 Å². The van der Waals surface area contributed by atoms with Crippen LogP contribution in [0.3, 0.4) is 0 Å². The molecule has 6 heteroatoms. The first-order valence-corrected chi connectivity index (χ1v) is 16.7. The SMILES string of the molecule is CC(C)(C)N1CSC(CC(C)(C)N2CCSC(CC(C)(C)N3CCC4(CCSC4)CC3)C2)C1. The lowest BCUT2D eigenvalue weighted by Gasteiger charge is -2.49. The third-order valence-corrected chi connectivity index (χ3v) is 12.9.